The van der Waals surface area contributed by atoms with Crippen molar-refractivity contribution in [1.29, 1.82) is 0 Å². The number of carbonyl (C=O) groups is 1. The van der Waals surface area contributed by atoms with Crippen LogP contribution < -0.4 is 5.32 Å². The zero-order valence-electron chi connectivity index (χ0n) is 13.0. The molecule has 0 aliphatic heterocycles. The molecule has 1 aromatic heterocycles. The maximum Gasteiger partial charge on any atom is 0.234 e. The predicted molar refractivity (Wildman–Crippen MR) is 90.2 cm³/mol. The van der Waals surface area contributed by atoms with E-state index in [4.69, 9.17) is 6.42 Å². The lowest BCUT2D eigenvalue weighted by molar-refractivity contribution is -0.120. The van der Waals surface area contributed by atoms with Crippen LogP contribution in [0.3, 0.4) is 0 Å². The van der Waals surface area contributed by atoms with Crippen LogP contribution >= 0.6 is 11.8 Å². The minimum atomic E-state index is -0.264. The number of terminal acetylenes is 1. The third-order valence-corrected chi connectivity index (χ3v) is 4.19. The molecule has 1 amide bonds. The van der Waals surface area contributed by atoms with Crippen molar-refractivity contribution in [3.8, 4) is 18.0 Å². The Balaban J connectivity index is 2.19. The number of nitrogens with one attached hydrogen (secondary N) is 1. The first-order valence-corrected chi connectivity index (χ1v) is 7.89. The molecule has 1 unspecified atom stereocenters. The van der Waals surface area contributed by atoms with Gasteiger partial charge in [-0.1, -0.05) is 23.7 Å². The van der Waals surface area contributed by atoms with Crippen LogP contribution in [-0.4, -0.2) is 27.3 Å². The fourth-order valence-corrected chi connectivity index (χ4v) is 3.06. The highest BCUT2D eigenvalue weighted by molar-refractivity contribution is 8.00. The van der Waals surface area contributed by atoms with Crippen LogP contribution in [0.5, 0.6) is 0 Å². The van der Waals surface area contributed by atoms with Gasteiger partial charge < -0.3 is 5.32 Å². The summed E-state index contributed by atoms with van der Waals surface area (Å²) in [5.74, 6) is 2.31. The summed E-state index contributed by atoms with van der Waals surface area (Å²) in [7, 11) is 0. The Morgan fingerprint density at radius 2 is 2.09 bits per heavy atom. The van der Waals surface area contributed by atoms with E-state index in [1.54, 1.807) is 6.20 Å². The molecule has 4 nitrogen and oxygen atoms in total. The molecule has 2 aromatic rings. The van der Waals surface area contributed by atoms with Gasteiger partial charge in [0.15, 0.2) is 5.16 Å². The second-order valence-electron chi connectivity index (χ2n) is 5.11. The summed E-state index contributed by atoms with van der Waals surface area (Å²) >= 11 is 1.41. The quantitative estimate of drug-likeness (QED) is 0.682. The Labute approximate surface area is 135 Å². The second kappa shape index (κ2) is 7.19. The molecule has 5 heteroatoms. The Bertz CT molecular complexity index is 695. The summed E-state index contributed by atoms with van der Waals surface area (Å²) in [6.45, 7) is 6.22. The maximum atomic E-state index is 11.9. The molecule has 0 aliphatic rings. The summed E-state index contributed by atoms with van der Waals surface area (Å²) in [5, 5.41) is 3.21. The number of carbonyl (C=O) groups excluding carboxylic acids is 1. The SMILES string of the molecule is C#CCNC(=O)C(C)Sc1nccn1-c1cc(C)cc(C)c1. The highest BCUT2D eigenvalue weighted by Gasteiger charge is 2.17. The van der Waals surface area contributed by atoms with Crippen LogP contribution in [0.1, 0.15) is 18.1 Å². The third kappa shape index (κ3) is 3.92. The summed E-state index contributed by atoms with van der Waals surface area (Å²) in [4.78, 5) is 16.3. The predicted octanol–water partition coefficient (Wildman–Crippen LogP) is 2.72. The van der Waals surface area contributed by atoms with Gasteiger partial charge in [-0.05, 0) is 44.0 Å². The Kier molecular flexibility index (Phi) is 5.29. The number of benzene rings is 1. The highest BCUT2D eigenvalue weighted by atomic mass is 32.2. The van der Waals surface area contributed by atoms with E-state index in [1.165, 1.54) is 22.9 Å². The van der Waals surface area contributed by atoms with E-state index in [-0.39, 0.29) is 17.7 Å². The molecular weight excluding hydrogens is 294 g/mol. The molecule has 0 saturated heterocycles. The standard InChI is InChI=1S/C17H19N3OS/c1-5-6-18-16(21)14(4)22-17-19-7-8-20(17)15-10-12(2)9-13(3)11-15/h1,7-11,14H,6H2,2-4H3,(H,18,21). The molecule has 1 N–H and O–H groups in total. The summed E-state index contributed by atoms with van der Waals surface area (Å²) in [5.41, 5.74) is 3.44. The van der Waals surface area contributed by atoms with E-state index in [0.717, 1.165) is 10.8 Å². The number of hydrogen-bond donors (Lipinski definition) is 1. The molecule has 0 aliphatic carbocycles. The van der Waals surface area contributed by atoms with Crippen molar-refractivity contribution in [1.82, 2.24) is 14.9 Å². The van der Waals surface area contributed by atoms with Crippen LogP contribution in [0.15, 0.2) is 35.7 Å². The highest BCUT2D eigenvalue weighted by Crippen LogP contribution is 2.25. The lowest BCUT2D eigenvalue weighted by Crippen LogP contribution is -2.31. The fourth-order valence-electron chi connectivity index (χ4n) is 2.16. The average molecular weight is 313 g/mol. The van der Waals surface area contributed by atoms with E-state index in [9.17, 15) is 4.79 Å². The molecule has 1 aromatic carbocycles. The molecule has 0 fully saturated rings. The van der Waals surface area contributed by atoms with E-state index in [0.29, 0.717) is 0 Å². The first-order chi connectivity index (χ1) is 10.5. The number of imidazole rings is 1. The third-order valence-electron chi connectivity index (χ3n) is 3.11. The zero-order valence-corrected chi connectivity index (χ0v) is 13.8. The van der Waals surface area contributed by atoms with Gasteiger partial charge in [-0.25, -0.2) is 4.98 Å². The molecule has 22 heavy (non-hydrogen) atoms. The molecule has 0 bridgehead atoms. The molecule has 2 rings (SSSR count). The number of aromatic nitrogens is 2. The van der Waals surface area contributed by atoms with Gasteiger partial charge >= 0.3 is 0 Å². The lowest BCUT2D eigenvalue weighted by Gasteiger charge is -2.13. The Morgan fingerprint density at radius 3 is 2.73 bits per heavy atom. The minimum Gasteiger partial charge on any atom is -0.344 e. The zero-order chi connectivity index (χ0) is 16.1. The van der Waals surface area contributed by atoms with Crippen molar-refractivity contribution in [2.24, 2.45) is 0 Å². The van der Waals surface area contributed by atoms with Crippen LogP contribution in [0.25, 0.3) is 5.69 Å². The van der Waals surface area contributed by atoms with Gasteiger partial charge in [0, 0.05) is 18.1 Å². The van der Waals surface area contributed by atoms with Crippen molar-refractivity contribution < 1.29 is 4.79 Å². The minimum absolute atomic E-state index is 0.0853. The van der Waals surface area contributed by atoms with E-state index < -0.39 is 0 Å². The Hall–Kier alpha value is -2.19. The summed E-state index contributed by atoms with van der Waals surface area (Å²) < 4.78 is 2.00. The van der Waals surface area contributed by atoms with E-state index in [1.807, 2.05) is 17.7 Å². The molecule has 0 saturated carbocycles. The van der Waals surface area contributed by atoms with Crippen LogP contribution in [-0.2, 0) is 4.79 Å². The lowest BCUT2D eigenvalue weighted by atomic mass is 10.1. The van der Waals surface area contributed by atoms with E-state index >= 15 is 0 Å². The van der Waals surface area contributed by atoms with Gasteiger partial charge in [0.1, 0.15) is 0 Å². The number of rotatable bonds is 5. The van der Waals surface area contributed by atoms with Crippen molar-refractivity contribution in [2.75, 3.05) is 6.54 Å². The molecule has 0 spiro atoms. The first kappa shape index (κ1) is 16.2. The van der Waals surface area contributed by atoms with Gasteiger partial charge in [0.05, 0.1) is 11.8 Å². The first-order valence-electron chi connectivity index (χ1n) is 7.01. The van der Waals surface area contributed by atoms with Gasteiger partial charge in [0.2, 0.25) is 5.91 Å². The van der Waals surface area contributed by atoms with Crippen molar-refractivity contribution in [2.45, 2.75) is 31.2 Å². The topological polar surface area (TPSA) is 46.9 Å². The fraction of sp³-hybridized carbons (Fsp3) is 0.294. The molecular formula is C17H19N3OS. The van der Waals surface area contributed by atoms with Gasteiger partial charge in [0.25, 0.3) is 0 Å². The van der Waals surface area contributed by atoms with E-state index in [2.05, 4.69) is 48.3 Å². The second-order valence-corrected chi connectivity index (χ2v) is 6.42. The van der Waals surface area contributed by atoms with Crippen LogP contribution in [0.4, 0.5) is 0 Å². The molecule has 1 heterocycles. The van der Waals surface area contributed by atoms with Crippen LogP contribution in [0, 0.1) is 26.2 Å². The summed E-state index contributed by atoms with van der Waals surface area (Å²) in [6.07, 6.45) is 8.80. The molecule has 1 atom stereocenters. The van der Waals surface area contributed by atoms with Gasteiger partial charge in [-0.3, -0.25) is 9.36 Å². The number of nitrogens with zero attached hydrogens (tertiary/aromatic N) is 2. The summed E-state index contributed by atoms with van der Waals surface area (Å²) in [6, 6.07) is 6.33. The number of hydrogen-bond acceptors (Lipinski definition) is 3. The Morgan fingerprint density at radius 1 is 1.41 bits per heavy atom. The maximum absolute atomic E-state index is 11.9. The van der Waals surface area contributed by atoms with Crippen LogP contribution in [0.2, 0.25) is 0 Å². The monoisotopic (exact) mass is 313 g/mol. The van der Waals surface area contributed by atoms with Gasteiger partial charge in [-0.15, -0.1) is 6.42 Å². The smallest absolute Gasteiger partial charge is 0.234 e. The number of aryl methyl sites for hydroxylation is 2. The van der Waals surface area contributed by atoms with Crippen molar-refractivity contribution in [3.05, 3.63) is 41.7 Å². The number of amides is 1. The normalized spacial score (nSPS) is 11.7. The van der Waals surface area contributed by atoms with Gasteiger partial charge in [-0.2, -0.15) is 0 Å². The molecule has 114 valence electrons. The average Bonchev–Trinajstić information content (AvgIpc) is 2.91. The molecule has 0 radical (unpaired) electrons. The van der Waals surface area contributed by atoms with Crippen molar-refractivity contribution >= 4 is 17.7 Å². The largest absolute Gasteiger partial charge is 0.344 e. The van der Waals surface area contributed by atoms with Crippen molar-refractivity contribution in [3.63, 3.8) is 0 Å². The number of thioether (sulfide) groups is 1.